The number of nitrogens with zero attached hydrogens (tertiary/aromatic N) is 3. The van der Waals surface area contributed by atoms with Gasteiger partial charge >= 0.3 is 6.18 Å². The Balaban J connectivity index is 0.00000338. The van der Waals surface area contributed by atoms with Crippen LogP contribution in [0, 0.1) is 5.92 Å². The van der Waals surface area contributed by atoms with E-state index < -0.39 is 12.7 Å². The van der Waals surface area contributed by atoms with Crippen molar-refractivity contribution < 1.29 is 17.9 Å². The van der Waals surface area contributed by atoms with E-state index in [0.29, 0.717) is 31.4 Å². The first-order valence-electron chi connectivity index (χ1n) is 8.92. The largest absolute Gasteiger partial charge is 0.401 e. The Morgan fingerprint density at radius 1 is 1.23 bits per heavy atom. The van der Waals surface area contributed by atoms with E-state index in [1.165, 1.54) is 4.90 Å². The van der Waals surface area contributed by atoms with Gasteiger partial charge in [0.1, 0.15) is 0 Å². The van der Waals surface area contributed by atoms with Crippen molar-refractivity contribution in [3.63, 3.8) is 0 Å². The van der Waals surface area contributed by atoms with Crippen LogP contribution in [0.3, 0.4) is 0 Å². The minimum absolute atomic E-state index is 0. The molecule has 154 valence electrons. The molecule has 0 amide bonds. The summed E-state index contributed by atoms with van der Waals surface area (Å²) < 4.78 is 42.7. The third kappa shape index (κ3) is 9.05. The van der Waals surface area contributed by atoms with Gasteiger partial charge in [-0.15, -0.1) is 24.0 Å². The van der Waals surface area contributed by atoms with E-state index >= 15 is 0 Å². The van der Waals surface area contributed by atoms with Gasteiger partial charge in [0, 0.05) is 52.4 Å². The van der Waals surface area contributed by atoms with Crippen LogP contribution >= 0.6 is 24.0 Å². The molecule has 2 N–H and O–H groups in total. The lowest BCUT2D eigenvalue weighted by Crippen LogP contribution is -2.47. The third-order valence-electron chi connectivity index (χ3n) is 4.53. The van der Waals surface area contributed by atoms with Gasteiger partial charge in [-0.25, -0.2) is 0 Å². The van der Waals surface area contributed by atoms with E-state index in [1.54, 1.807) is 7.05 Å². The molecular weight excluding hydrogens is 462 g/mol. The predicted octanol–water partition coefficient (Wildman–Crippen LogP) is 1.37. The van der Waals surface area contributed by atoms with Crippen molar-refractivity contribution in [2.75, 3.05) is 66.1 Å². The molecule has 2 unspecified atom stereocenters. The summed E-state index contributed by atoms with van der Waals surface area (Å²) in [7, 11) is 1.68. The van der Waals surface area contributed by atoms with Gasteiger partial charge in [-0.2, -0.15) is 13.2 Å². The predicted molar refractivity (Wildman–Crippen MR) is 107 cm³/mol. The minimum atomic E-state index is -4.14. The van der Waals surface area contributed by atoms with Gasteiger partial charge in [0.25, 0.3) is 0 Å². The average Bonchev–Trinajstić information content (AvgIpc) is 2.97. The number of nitrogens with one attached hydrogen (secondary N) is 2. The van der Waals surface area contributed by atoms with Crippen molar-refractivity contribution in [2.45, 2.75) is 25.6 Å². The number of aliphatic imine (C=N–C) groups is 1. The molecule has 2 fully saturated rings. The molecule has 0 radical (unpaired) electrons. The molecule has 2 atom stereocenters. The molecule has 2 heterocycles. The quantitative estimate of drug-likeness (QED) is 0.333. The molecule has 2 rings (SSSR count). The molecule has 0 bridgehead atoms. The standard InChI is InChI=1S/C16H30F3N5O.HI/c1-13(10-23-5-7-25-8-6-23)9-21-15(20-2)22-14-3-4-24(11-14)12-16(17,18)19;/h13-14H,3-12H2,1-2H3,(H2,20,21,22);1H. The molecule has 0 aromatic rings. The highest BCUT2D eigenvalue weighted by molar-refractivity contribution is 14.0. The van der Waals surface area contributed by atoms with Crippen molar-refractivity contribution in [3.8, 4) is 0 Å². The zero-order valence-corrected chi connectivity index (χ0v) is 17.8. The summed E-state index contributed by atoms with van der Waals surface area (Å²) in [5.41, 5.74) is 0. The molecule has 0 aromatic carbocycles. The molecule has 0 aromatic heterocycles. The molecule has 2 saturated heterocycles. The maximum absolute atomic E-state index is 12.5. The van der Waals surface area contributed by atoms with Crippen molar-refractivity contribution in [1.29, 1.82) is 0 Å². The van der Waals surface area contributed by atoms with Crippen LogP contribution in [0.15, 0.2) is 4.99 Å². The number of likely N-dealkylation sites (tertiary alicyclic amines) is 1. The number of guanidine groups is 1. The summed E-state index contributed by atoms with van der Waals surface area (Å²) in [6.45, 7) is 7.48. The van der Waals surface area contributed by atoms with E-state index in [9.17, 15) is 13.2 Å². The monoisotopic (exact) mass is 493 g/mol. The SMILES string of the molecule is CN=C(NCC(C)CN1CCOCC1)NC1CCN(CC(F)(F)F)C1.I. The maximum Gasteiger partial charge on any atom is 0.401 e. The zero-order valence-electron chi connectivity index (χ0n) is 15.5. The first-order valence-corrected chi connectivity index (χ1v) is 8.92. The number of hydrogen-bond acceptors (Lipinski definition) is 4. The Hall–Kier alpha value is -0.330. The second-order valence-electron chi connectivity index (χ2n) is 6.95. The van der Waals surface area contributed by atoms with Gasteiger partial charge in [-0.05, 0) is 12.3 Å². The van der Waals surface area contributed by atoms with Crippen molar-refractivity contribution >= 4 is 29.9 Å². The van der Waals surface area contributed by atoms with Crippen molar-refractivity contribution in [3.05, 3.63) is 0 Å². The first kappa shape index (κ1) is 23.7. The normalized spacial score (nSPS) is 24.2. The summed E-state index contributed by atoms with van der Waals surface area (Å²) in [6.07, 6.45) is -3.44. The van der Waals surface area contributed by atoms with E-state index in [2.05, 4.69) is 27.4 Å². The average molecular weight is 493 g/mol. The van der Waals surface area contributed by atoms with Gasteiger partial charge in [-0.1, -0.05) is 6.92 Å². The van der Waals surface area contributed by atoms with Gasteiger partial charge in [0.05, 0.1) is 19.8 Å². The number of alkyl halides is 3. The lowest BCUT2D eigenvalue weighted by molar-refractivity contribution is -0.143. The second-order valence-corrected chi connectivity index (χ2v) is 6.95. The van der Waals surface area contributed by atoms with Crippen LogP contribution < -0.4 is 10.6 Å². The molecule has 10 heteroatoms. The molecule has 0 saturated carbocycles. The van der Waals surface area contributed by atoms with Crippen molar-refractivity contribution in [2.24, 2.45) is 10.9 Å². The van der Waals surface area contributed by atoms with E-state index in [0.717, 1.165) is 39.4 Å². The minimum Gasteiger partial charge on any atom is -0.379 e. The van der Waals surface area contributed by atoms with Crippen LogP contribution in [0.1, 0.15) is 13.3 Å². The van der Waals surface area contributed by atoms with Crippen LogP contribution in [0.25, 0.3) is 0 Å². The Morgan fingerprint density at radius 3 is 2.54 bits per heavy atom. The van der Waals surface area contributed by atoms with Crippen LogP contribution in [0.4, 0.5) is 13.2 Å². The fourth-order valence-electron chi connectivity index (χ4n) is 3.30. The smallest absolute Gasteiger partial charge is 0.379 e. The topological polar surface area (TPSA) is 52.1 Å². The Morgan fingerprint density at radius 2 is 1.92 bits per heavy atom. The Labute approximate surface area is 170 Å². The highest BCUT2D eigenvalue weighted by Crippen LogP contribution is 2.19. The number of morpholine rings is 1. The summed E-state index contributed by atoms with van der Waals surface area (Å²) in [6, 6.07) is 0.00287. The molecule has 26 heavy (non-hydrogen) atoms. The van der Waals surface area contributed by atoms with Crippen LogP contribution in [-0.2, 0) is 4.74 Å². The van der Waals surface area contributed by atoms with Crippen LogP contribution in [0.2, 0.25) is 0 Å². The molecule has 2 aliphatic rings. The van der Waals surface area contributed by atoms with Gasteiger partial charge in [0.15, 0.2) is 5.96 Å². The lowest BCUT2D eigenvalue weighted by Gasteiger charge is -2.29. The van der Waals surface area contributed by atoms with Gasteiger partial charge in [-0.3, -0.25) is 14.8 Å². The Bertz CT molecular complexity index is 433. The molecule has 0 spiro atoms. The van der Waals surface area contributed by atoms with E-state index in [4.69, 9.17) is 4.74 Å². The number of halogens is 4. The van der Waals surface area contributed by atoms with Gasteiger partial charge < -0.3 is 15.4 Å². The fourth-order valence-corrected chi connectivity index (χ4v) is 3.30. The number of rotatable bonds is 6. The maximum atomic E-state index is 12.5. The first-order chi connectivity index (χ1) is 11.9. The van der Waals surface area contributed by atoms with Crippen molar-refractivity contribution in [1.82, 2.24) is 20.4 Å². The highest BCUT2D eigenvalue weighted by Gasteiger charge is 2.34. The molecule has 6 nitrogen and oxygen atoms in total. The molecule has 0 aliphatic carbocycles. The summed E-state index contributed by atoms with van der Waals surface area (Å²) in [4.78, 5) is 8.01. The number of hydrogen-bond donors (Lipinski definition) is 2. The second kappa shape index (κ2) is 11.5. The lowest BCUT2D eigenvalue weighted by atomic mass is 10.1. The van der Waals surface area contributed by atoms with E-state index in [1.807, 2.05) is 0 Å². The number of ether oxygens (including phenoxy) is 1. The fraction of sp³-hybridized carbons (Fsp3) is 0.938. The third-order valence-corrected chi connectivity index (χ3v) is 4.53. The summed E-state index contributed by atoms with van der Waals surface area (Å²) in [5, 5.41) is 6.53. The van der Waals surface area contributed by atoms with Crippen LogP contribution in [0.5, 0.6) is 0 Å². The zero-order chi connectivity index (χ0) is 18.3. The van der Waals surface area contributed by atoms with E-state index in [-0.39, 0.29) is 30.0 Å². The molecule has 2 aliphatic heterocycles. The summed E-state index contributed by atoms with van der Waals surface area (Å²) in [5.74, 6) is 1.11. The highest BCUT2D eigenvalue weighted by atomic mass is 127. The Kier molecular flexibility index (Phi) is 10.5. The summed E-state index contributed by atoms with van der Waals surface area (Å²) >= 11 is 0. The van der Waals surface area contributed by atoms with Gasteiger partial charge in [0.2, 0.25) is 0 Å². The molecular formula is C16H31F3IN5O. The van der Waals surface area contributed by atoms with Crippen LogP contribution in [-0.4, -0.2) is 94.1 Å².